The first-order chi connectivity index (χ1) is 10.2. The van der Waals surface area contributed by atoms with Crippen LogP contribution < -0.4 is 0 Å². The van der Waals surface area contributed by atoms with Crippen molar-refractivity contribution in [2.75, 3.05) is 25.7 Å². The molecule has 0 saturated carbocycles. The highest BCUT2D eigenvalue weighted by molar-refractivity contribution is 7.86. The van der Waals surface area contributed by atoms with Crippen molar-refractivity contribution in [3.05, 3.63) is 0 Å². The Balaban J connectivity index is 3.06. The lowest BCUT2D eigenvalue weighted by Gasteiger charge is -2.26. The molecule has 0 spiro atoms. The van der Waals surface area contributed by atoms with Gasteiger partial charge in [-0.05, 0) is 13.8 Å². The maximum absolute atomic E-state index is 11.4. The minimum atomic E-state index is -3.98. The normalized spacial score (nSPS) is 27.7. The highest BCUT2D eigenvalue weighted by atomic mass is 32.2. The van der Waals surface area contributed by atoms with Crippen molar-refractivity contribution in [2.45, 2.75) is 44.1 Å². The van der Waals surface area contributed by atoms with E-state index in [1.165, 1.54) is 13.8 Å². The number of aliphatic hydroxyl groups excluding tert-OH is 2. The topological polar surface area (TPSA) is 146 Å². The first-order valence-electron chi connectivity index (χ1n) is 6.61. The van der Waals surface area contributed by atoms with Crippen molar-refractivity contribution in [1.82, 2.24) is 0 Å². The number of aliphatic hydroxyl groups is 2. The smallest absolute Gasteiger partial charge is 0.264 e. The van der Waals surface area contributed by atoms with Gasteiger partial charge < -0.3 is 19.7 Å². The molecule has 1 fully saturated rings. The number of hydrogen-bond acceptors (Lipinski definition) is 10. The Morgan fingerprint density at radius 2 is 1.61 bits per heavy atom. The molecule has 1 rings (SSSR count). The van der Waals surface area contributed by atoms with Crippen molar-refractivity contribution in [3.8, 4) is 0 Å². The first-order valence-corrected chi connectivity index (χ1v) is 10.2. The molecule has 0 aromatic heterocycles. The molecule has 1 aliphatic heterocycles. The molecular weight excluding hydrogens is 356 g/mol. The highest BCUT2D eigenvalue weighted by Gasteiger charge is 2.49. The minimum absolute atomic E-state index is 0.662. The van der Waals surface area contributed by atoms with Crippen LogP contribution in [-0.4, -0.2) is 83.0 Å². The molecule has 0 aliphatic carbocycles. The van der Waals surface area contributed by atoms with Gasteiger partial charge in [0.15, 0.2) is 5.79 Å². The summed E-state index contributed by atoms with van der Waals surface area (Å²) in [5.41, 5.74) is 0. The molecule has 0 aromatic carbocycles. The number of hydrogen-bond donors (Lipinski definition) is 2. The van der Waals surface area contributed by atoms with E-state index in [1.807, 2.05) is 0 Å². The molecule has 1 heterocycles. The second-order valence-corrected chi connectivity index (χ2v) is 8.89. The fourth-order valence-corrected chi connectivity index (χ4v) is 3.09. The van der Waals surface area contributed by atoms with E-state index in [9.17, 15) is 21.9 Å². The maximum Gasteiger partial charge on any atom is 0.264 e. The molecule has 1 aliphatic rings. The summed E-state index contributed by atoms with van der Waals surface area (Å²) in [5.74, 6) is -1.20. The highest BCUT2D eigenvalue weighted by Crippen LogP contribution is 2.33. The lowest BCUT2D eigenvalue weighted by atomic mass is 10.0. The average molecular weight is 378 g/mol. The number of rotatable bonds is 8. The molecule has 0 unspecified atom stereocenters. The molecule has 138 valence electrons. The van der Waals surface area contributed by atoms with Gasteiger partial charge in [0.1, 0.15) is 24.4 Å². The van der Waals surface area contributed by atoms with Gasteiger partial charge in [-0.1, -0.05) is 0 Å². The van der Waals surface area contributed by atoms with E-state index >= 15 is 0 Å². The van der Waals surface area contributed by atoms with Crippen LogP contribution >= 0.6 is 0 Å². The molecule has 0 aromatic rings. The second kappa shape index (κ2) is 7.27. The van der Waals surface area contributed by atoms with Crippen molar-refractivity contribution in [3.63, 3.8) is 0 Å². The average Bonchev–Trinajstić information content (AvgIpc) is 2.67. The number of ether oxygens (including phenoxy) is 2. The van der Waals surface area contributed by atoms with Crippen molar-refractivity contribution in [2.24, 2.45) is 0 Å². The molecule has 2 N–H and O–H groups in total. The van der Waals surface area contributed by atoms with Crippen LogP contribution in [0.5, 0.6) is 0 Å². The van der Waals surface area contributed by atoms with Gasteiger partial charge in [0.25, 0.3) is 20.2 Å². The van der Waals surface area contributed by atoms with Gasteiger partial charge in [-0.3, -0.25) is 8.37 Å². The van der Waals surface area contributed by atoms with Gasteiger partial charge in [-0.25, -0.2) is 0 Å². The van der Waals surface area contributed by atoms with Crippen LogP contribution in [0.25, 0.3) is 0 Å². The fraction of sp³-hybridized carbons (Fsp3) is 1.00. The molecule has 0 amide bonds. The van der Waals surface area contributed by atoms with Crippen LogP contribution in [-0.2, 0) is 38.1 Å². The van der Waals surface area contributed by atoms with Gasteiger partial charge >= 0.3 is 0 Å². The lowest BCUT2D eigenvalue weighted by molar-refractivity contribution is -0.161. The summed E-state index contributed by atoms with van der Waals surface area (Å²) in [6.45, 7) is 1.70. The van der Waals surface area contributed by atoms with E-state index in [0.29, 0.717) is 0 Å². The second-order valence-electron chi connectivity index (χ2n) is 5.64. The zero-order valence-corrected chi connectivity index (χ0v) is 14.8. The van der Waals surface area contributed by atoms with Crippen LogP contribution in [0.4, 0.5) is 0 Å². The quantitative estimate of drug-likeness (QED) is 0.463. The summed E-state index contributed by atoms with van der Waals surface area (Å²) in [6, 6.07) is 0. The van der Waals surface area contributed by atoms with Gasteiger partial charge in [-0.15, -0.1) is 0 Å². The molecule has 4 atom stereocenters. The Morgan fingerprint density at radius 1 is 1.09 bits per heavy atom. The van der Waals surface area contributed by atoms with Gasteiger partial charge in [0.05, 0.1) is 25.7 Å². The lowest BCUT2D eigenvalue weighted by Crippen LogP contribution is -2.47. The molecule has 0 bridgehead atoms. The van der Waals surface area contributed by atoms with Crippen LogP contribution in [0.15, 0.2) is 0 Å². The van der Waals surface area contributed by atoms with Gasteiger partial charge in [0.2, 0.25) is 0 Å². The Bertz CT molecular complexity index is 596. The molecule has 1 saturated heterocycles. The summed E-state index contributed by atoms with van der Waals surface area (Å²) in [6.07, 6.45) is -3.52. The van der Waals surface area contributed by atoms with E-state index in [-0.39, 0.29) is 0 Å². The summed E-state index contributed by atoms with van der Waals surface area (Å²) in [4.78, 5) is 0. The van der Waals surface area contributed by atoms with E-state index in [0.717, 1.165) is 12.5 Å². The molecule has 12 heteroatoms. The first kappa shape index (κ1) is 20.7. The zero-order valence-electron chi connectivity index (χ0n) is 13.2. The van der Waals surface area contributed by atoms with Crippen molar-refractivity contribution >= 4 is 20.2 Å². The SMILES string of the molecule is CC1(C)O[C@H]([C@H](O)CO)[C@@H]([C@@H](COS(C)(=O)=O)OS(C)(=O)=O)O1. The fourth-order valence-electron chi connectivity index (χ4n) is 2.10. The Kier molecular flexibility index (Phi) is 6.54. The Morgan fingerprint density at radius 3 is 2.04 bits per heavy atom. The van der Waals surface area contributed by atoms with E-state index in [2.05, 4.69) is 4.18 Å². The summed E-state index contributed by atoms with van der Waals surface area (Å²) < 4.78 is 65.4. The largest absolute Gasteiger partial charge is 0.394 e. The Hall–Kier alpha value is -0.340. The van der Waals surface area contributed by atoms with E-state index < -0.39 is 63.7 Å². The summed E-state index contributed by atoms with van der Waals surface area (Å²) in [7, 11) is -7.84. The predicted molar refractivity (Wildman–Crippen MR) is 77.4 cm³/mol. The third-order valence-corrected chi connectivity index (χ3v) is 4.00. The third kappa shape index (κ3) is 6.97. The minimum Gasteiger partial charge on any atom is -0.394 e. The summed E-state index contributed by atoms with van der Waals surface area (Å²) in [5, 5.41) is 18.9. The van der Waals surface area contributed by atoms with Gasteiger partial charge in [-0.2, -0.15) is 16.8 Å². The maximum atomic E-state index is 11.4. The molecule has 23 heavy (non-hydrogen) atoms. The standard InChI is InChI=1S/C11H22O10S2/c1-11(2)19-9(7(13)5-12)10(20-11)8(21-23(4,16)17)6-18-22(3,14)15/h7-10,12-13H,5-6H2,1-4H3/t7-,8-,9-,10-/m1/s1. The molecular formula is C11H22O10S2. The van der Waals surface area contributed by atoms with Crippen LogP contribution in [0.2, 0.25) is 0 Å². The summed E-state index contributed by atoms with van der Waals surface area (Å²) >= 11 is 0. The zero-order chi connectivity index (χ0) is 18.1. The monoisotopic (exact) mass is 378 g/mol. The van der Waals surface area contributed by atoms with Crippen LogP contribution in [0.3, 0.4) is 0 Å². The molecule has 10 nitrogen and oxygen atoms in total. The molecule has 0 radical (unpaired) electrons. The third-order valence-electron chi connectivity index (χ3n) is 2.84. The van der Waals surface area contributed by atoms with Crippen LogP contribution in [0.1, 0.15) is 13.8 Å². The van der Waals surface area contributed by atoms with E-state index in [1.54, 1.807) is 0 Å². The van der Waals surface area contributed by atoms with Crippen LogP contribution in [0, 0.1) is 0 Å². The van der Waals surface area contributed by atoms with Crippen molar-refractivity contribution < 1.29 is 44.9 Å². The van der Waals surface area contributed by atoms with Gasteiger partial charge in [0, 0.05) is 0 Å². The van der Waals surface area contributed by atoms with E-state index in [4.69, 9.17) is 18.8 Å². The predicted octanol–water partition coefficient (Wildman–Crippen LogP) is -1.82. The Labute approximate surface area is 135 Å². The van der Waals surface area contributed by atoms with Crippen molar-refractivity contribution in [1.29, 1.82) is 0 Å².